The number of halogens is 2. The summed E-state index contributed by atoms with van der Waals surface area (Å²) in [4.78, 5) is 36.4. The van der Waals surface area contributed by atoms with Crippen LogP contribution >= 0.6 is 11.6 Å². The Morgan fingerprint density at radius 1 is 1.17 bits per heavy atom. The van der Waals surface area contributed by atoms with Gasteiger partial charge in [-0.2, -0.15) is 0 Å². The van der Waals surface area contributed by atoms with Gasteiger partial charge in [0.05, 0.1) is 6.42 Å². The lowest BCUT2D eigenvalue weighted by molar-refractivity contribution is -0.151. The van der Waals surface area contributed by atoms with Gasteiger partial charge in [0.2, 0.25) is 5.91 Å². The number of benzene rings is 1. The second-order valence-electron chi connectivity index (χ2n) is 6.11. The van der Waals surface area contributed by atoms with Crippen molar-refractivity contribution in [3.63, 3.8) is 0 Å². The van der Waals surface area contributed by atoms with Gasteiger partial charge >= 0.3 is 11.9 Å². The number of piperidine rings is 1. The van der Waals surface area contributed by atoms with Crippen LogP contribution < -0.4 is 0 Å². The quantitative estimate of drug-likeness (QED) is 0.863. The van der Waals surface area contributed by atoms with Crippen LogP contribution in [0, 0.1) is 16.6 Å². The van der Waals surface area contributed by atoms with Crippen molar-refractivity contribution in [1.82, 2.24) is 4.90 Å². The molecule has 1 heterocycles. The van der Waals surface area contributed by atoms with E-state index in [0.29, 0.717) is 5.56 Å². The lowest BCUT2D eigenvalue weighted by atomic mass is 9.97. The highest BCUT2D eigenvalue weighted by atomic mass is 35.5. The molecule has 1 aliphatic heterocycles. The zero-order valence-electron chi connectivity index (χ0n) is 11.9. The molecular formula is C15H13ClFNO5. The molecule has 1 aliphatic carbocycles. The van der Waals surface area contributed by atoms with E-state index >= 15 is 0 Å². The second kappa shape index (κ2) is 4.92. The van der Waals surface area contributed by atoms with Crippen molar-refractivity contribution in [2.24, 2.45) is 10.8 Å². The highest BCUT2D eigenvalue weighted by Gasteiger charge is 2.81. The first kappa shape index (κ1) is 15.7. The third kappa shape index (κ3) is 2.18. The summed E-state index contributed by atoms with van der Waals surface area (Å²) in [7, 11) is 0. The number of likely N-dealkylation sites (tertiary alicyclic amines) is 1. The number of carbonyl (C=O) groups excluding carboxylic acids is 1. The molecule has 122 valence electrons. The van der Waals surface area contributed by atoms with Crippen LogP contribution in [0.3, 0.4) is 0 Å². The number of fused-ring (bicyclic) bond motifs is 1. The number of carboxylic acids is 2. The maximum atomic E-state index is 13.0. The Morgan fingerprint density at radius 3 is 2.22 bits per heavy atom. The average Bonchev–Trinajstić information content (AvgIpc) is 3.01. The van der Waals surface area contributed by atoms with Gasteiger partial charge in [-0.1, -0.05) is 17.7 Å². The Bertz CT molecular complexity index is 711. The van der Waals surface area contributed by atoms with Gasteiger partial charge in [0.25, 0.3) is 0 Å². The van der Waals surface area contributed by atoms with Gasteiger partial charge < -0.3 is 15.1 Å². The first-order chi connectivity index (χ1) is 10.7. The lowest BCUT2D eigenvalue weighted by Gasteiger charge is -2.20. The van der Waals surface area contributed by atoms with Gasteiger partial charge in [-0.3, -0.25) is 14.4 Å². The second-order valence-corrected chi connectivity index (χ2v) is 6.52. The van der Waals surface area contributed by atoms with E-state index in [1.165, 1.54) is 17.0 Å². The summed E-state index contributed by atoms with van der Waals surface area (Å²) < 4.78 is 13.0. The molecule has 6 nitrogen and oxygen atoms in total. The smallest absolute Gasteiger partial charge is 0.312 e. The minimum absolute atomic E-state index is 0.0335. The van der Waals surface area contributed by atoms with Crippen LogP contribution in [-0.2, 0) is 20.8 Å². The summed E-state index contributed by atoms with van der Waals surface area (Å²) in [5.41, 5.74) is -2.39. The monoisotopic (exact) mass is 341 g/mol. The third-order valence-electron chi connectivity index (χ3n) is 4.84. The highest BCUT2D eigenvalue weighted by molar-refractivity contribution is 6.31. The molecule has 2 atom stereocenters. The molecule has 1 amide bonds. The van der Waals surface area contributed by atoms with Crippen molar-refractivity contribution >= 4 is 29.4 Å². The van der Waals surface area contributed by atoms with Crippen LogP contribution in [-0.4, -0.2) is 46.0 Å². The SMILES string of the molecule is O=C(Cc1ccc(F)cc1Cl)N1C[C@@]2(C(=O)O)C[C@@]2(C(=O)O)C1. The molecule has 2 aliphatic rings. The number of hydrogen-bond acceptors (Lipinski definition) is 3. The van der Waals surface area contributed by atoms with E-state index in [1.54, 1.807) is 0 Å². The van der Waals surface area contributed by atoms with E-state index in [-0.39, 0.29) is 31.0 Å². The fourth-order valence-electron chi connectivity index (χ4n) is 3.40. The summed E-state index contributed by atoms with van der Waals surface area (Å²) in [6.07, 6.45) is -0.101. The van der Waals surface area contributed by atoms with Gasteiger partial charge in [-0.05, 0) is 24.1 Å². The van der Waals surface area contributed by atoms with Crippen molar-refractivity contribution in [2.75, 3.05) is 13.1 Å². The first-order valence-electron chi connectivity index (χ1n) is 6.90. The summed E-state index contributed by atoms with van der Waals surface area (Å²) in [5, 5.41) is 18.8. The van der Waals surface area contributed by atoms with Crippen LogP contribution in [0.15, 0.2) is 18.2 Å². The van der Waals surface area contributed by atoms with E-state index < -0.39 is 34.5 Å². The molecular weight excluding hydrogens is 329 g/mol. The van der Waals surface area contributed by atoms with Crippen molar-refractivity contribution in [3.8, 4) is 0 Å². The summed E-state index contributed by atoms with van der Waals surface area (Å²) in [6, 6.07) is 3.64. The van der Waals surface area contributed by atoms with Gasteiger partial charge in [0.15, 0.2) is 0 Å². The van der Waals surface area contributed by atoms with E-state index in [9.17, 15) is 29.0 Å². The number of carbonyl (C=O) groups is 3. The number of nitrogens with zero attached hydrogens (tertiary/aromatic N) is 1. The molecule has 0 aromatic heterocycles. The van der Waals surface area contributed by atoms with E-state index in [0.717, 1.165) is 6.07 Å². The Morgan fingerprint density at radius 2 is 1.74 bits per heavy atom. The van der Waals surface area contributed by atoms with Crippen LogP contribution in [0.4, 0.5) is 4.39 Å². The number of aliphatic carboxylic acids is 2. The molecule has 1 saturated carbocycles. The van der Waals surface area contributed by atoms with Gasteiger partial charge in [0.1, 0.15) is 16.6 Å². The Labute approximate surface area is 135 Å². The van der Waals surface area contributed by atoms with Gasteiger partial charge in [-0.15, -0.1) is 0 Å². The topological polar surface area (TPSA) is 94.9 Å². The molecule has 1 saturated heterocycles. The van der Waals surface area contributed by atoms with E-state index in [1.807, 2.05) is 0 Å². The molecule has 1 aromatic carbocycles. The van der Waals surface area contributed by atoms with E-state index in [2.05, 4.69) is 0 Å². The summed E-state index contributed by atoms with van der Waals surface area (Å²) in [5.74, 6) is -3.35. The van der Waals surface area contributed by atoms with Crippen LogP contribution in [0.2, 0.25) is 5.02 Å². The summed E-state index contributed by atoms with van der Waals surface area (Å²) >= 11 is 5.87. The Kier molecular flexibility index (Phi) is 3.37. The summed E-state index contributed by atoms with van der Waals surface area (Å²) in [6.45, 7) is -0.265. The molecule has 23 heavy (non-hydrogen) atoms. The molecule has 0 unspecified atom stereocenters. The molecule has 1 aromatic rings. The highest BCUT2D eigenvalue weighted by Crippen LogP contribution is 2.68. The molecule has 0 bridgehead atoms. The lowest BCUT2D eigenvalue weighted by Crippen LogP contribution is -2.35. The maximum Gasteiger partial charge on any atom is 0.312 e. The van der Waals surface area contributed by atoms with Crippen LogP contribution in [0.1, 0.15) is 12.0 Å². The van der Waals surface area contributed by atoms with Crippen molar-refractivity contribution in [2.45, 2.75) is 12.8 Å². The first-order valence-corrected chi connectivity index (χ1v) is 7.28. The predicted octanol–water partition coefficient (Wildman–Crippen LogP) is 1.41. The zero-order valence-corrected chi connectivity index (χ0v) is 12.6. The van der Waals surface area contributed by atoms with Crippen molar-refractivity contribution < 1.29 is 29.0 Å². The number of amides is 1. The zero-order chi connectivity index (χ0) is 17.0. The fraction of sp³-hybridized carbons (Fsp3) is 0.400. The molecule has 8 heteroatoms. The van der Waals surface area contributed by atoms with Crippen LogP contribution in [0.5, 0.6) is 0 Å². The molecule has 0 spiro atoms. The number of carboxylic acid groups (broad SMARTS) is 2. The molecule has 2 N–H and O–H groups in total. The largest absolute Gasteiger partial charge is 0.481 e. The number of rotatable bonds is 4. The fourth-order valence-corrected chi connectivity index (χ4v) is 3.64. The van der Waals surface area contributed by atoms with Crippen molar-refractivity contribution in [3.05, 3.63) is 34.6 Å². The third-order valence-corrected chi connectivity index (χ3v) is 5.20. The predicted molar refractivity (Wildman–Crippen MR) is 76.4 cm³/mol. The molecule has 0 radical (unpaired) electrons. The van der Waals surface area contributed by atoms with Crippen molar-refractivity contribution in [1.29, 1.82) is 0 Å². The minimum atomic E-state index is -1.40. The normalized spacial score (nSPS) is 28.3. The Balaban J connectivity index is 1.78. The van der Waals surface area contributed by atoms with Gasteiger partial charge in [0, 0.05) is 18.1 Å². The standard InChI is InChI=1S/C15H13ClFNO5/c16-10-4-9(17)2-1-8(10)3-11(19)18-6-14(12(20)21)5-15(14,7-18)13(22)23/h1-2,4H,3,5-7H2,(H,20,21)(H,22,23)/t14-,15+. The maximum absolute atomic E-state index is 13.0. The molecule has 3 rings (SSSR count). The molecule has 2 fully saturated rings. The van der Waals surface area contributed by atoms with Gasteiger partial charge in [-0.25, -0.2) is 4.39 Å². The average molecular weight is 342 g/mol. The number of hydrogen-bond donors (Lipinski definition) is 2. The van der Waals surface area contributed by atoms with E-state index in [4.69, 9.17) is 11.6 Å². The minimum Gasteiger partial charge on any atom is -0.481 e. The van der Waals surface area contributed by atoms with Crippen LogP contribution in [0.25, 0.3) is 0 Å². The Hall–Kier alpha value is -2.15.